The van der Waals surface area contributed by atoms with E-state index in [9.17, 15) is 8.42 Å². The second kappa shape index (κ2) is 6.41. The molecule has 17 heavy (non-hydrogen) atoms. The number of nitrogens with zero attached hydrogens (tertiary/aromatic N) is 1. The fourth-order valence-corrected chi connectivity index (χ4v) is 4.98. The summed E-state index contributed by atoms with van der Waals surface area (Å²) in [5, 5.41) is 0. The van der Waals surface area contributed by atoms with Gasteiger partial charge in [-0.1, -0.05) is 0 Å². The highest BCUT2D eigenvalue weighted by molar-refractivity contribution is 8.00. The first-order valence-corrected chi connectivity index (χ1v) is 8.96. The van der Waals surface area contributed by atoms with Crippen LogP contribution in [0.4, 0.5) is 0 Å². The zero-order valence-electron chi connectivity index (χ0n) is 11.1. The number of thioether (sulfide) groups is 1. The lowest BCUT2D eigenvalue weighted by atomic mass is 10.2. The van der Waals surface area contributed by atoms with E-state index < -0.39 is 10.0 Å². The van der Waals surface area contributed by atoms with E-state index in [1.165, 1.54) is 0 Å². The Hall–Kier alpha value is 0.220. The van der Waals surface area contributed by atoms with E-state index in [1.807, 2.05) is 0 Å². The van der Waals surface area contributed by atoms with Crippen molar-refractivity contribution in [3.63, 3.8) is 0 Å². The minimum Gasteiger partial charge on any atom is -0.297 e. The van der Waals surface area contributed by atoms with Gasteiger partial charge < -0.3 is 0 Å². The smallest absolute Gasteiger partial charge is 0.212 e. The molecule has 6 heteroatoms. The lowest BCUT2D eigenvalue weighted by Gasteiger charge is -2.33. The first-order valence-electron chi connectivity index (χ1n) is 6.15. The van der Waals surface area contributed by atoms with Crippen LogP contribution in [0.3, 0.4) is 0 Å². The molecule has 1 heterocycles. The summed E-state index contributed by atoms with van der Waals surface area (Å²) in [4.78, 5) is 2.33. The molecule has 1 saturated heterocycles. The van der Waals surface area contributed by atoms with Gasteiger partial charge in [0, 0.05) is 36.2 Å². The standard InChI is InChI=1S/C11H24N2O2S2/c1-9(2)13(10(3)4)7-11-8-16-5-6-17(14,15)12-11/h9-12H,5-8H2,1-4H3/t11-/m1/s1. The van der Waals surface area contributed by atoms with Gasteiger partial charge in [0.05, 0.1) is 5.75 Å². The van der Waals surface area contributed by atoms with Crippen molar-refractivity contribution >= 4 is 21.8 Å². The molecule has 4 nitrogen and oxygen atoms in total. The topological polar surface area (TPSA) is 49.4 Å². The van der Waals surface area contributed by atoms with E-state index in [1.54, 1.807) is 11.8 Å². The number of hydrogen-bond donors (Lipinski definition) is 1. The van der Waals surface area contributed by atoms with Gasteiger partial charge in [-0.05, 0) is 27.7 Å². The average Bonchev–Trinajstić information content (AvgIpc) is 2.34. The molecule has 0 radical (unpaired) electrons. The predicted molar refractivity (Wildman–Crippen MR) is 75.0 cm³/mol. The van der Waals surface area contributed by atoms with Crippen molar-refractivity contribution in [2.75, 3.05) is 23.8 Å². The molecule has 0 aromatic carbocycles. The Morgan fingerprint density at radius 2 is 1.88 bits per heavy atom. The van der Waals surface area contributed by atoms with E-state index in [2.05, 4.69) is 37.3 Å². The van der Waals surface area contributed by atoms with Crippen molar-refractivity contribution in [3.8, 4) is 0 Å². The van der Waals surface area contributed by atoms with Crippen LogP contribution in [0, 0.1) is 0 Å². The quantitative estimate of drug-likeness (QED) is 0.839. The van der Waals surface area contributed by atoms with Crippen molar-refractivity contribution in [2.24, 2.45) is 0 Å². The highest BCUT2D eigenvalue weighted by Gasteiger charge is 2.25. The Kier molecular flexibility index (Phi) is 5.76. The van der Waals surface area contributed by atoms with Crippen LogP contribution in [0.15, 0.2) is 0 Å². The normalized spacial score (nSPS) is 25.5. The molecule has 0 aliphatic carbocycles. The molecule has 1 atom stereocenters. The Morgan fingerprint density at radius 3 is 2.41 bits per heavy atom. The van der Waals surface area contributed by atoms with Gasteiger partial charge in [0.2, 0.25) is 10.0 Å². The molecular weight excluding hydrogens is 256 g/mol. The minimum atomic E-state index is -3.06. The van der Waals surface area contributed by atoms with Crippen LogP contribution < -0.4 is 4.72 Å². The molecular formula is C11H24N2O2S2. The number of rotatable bonds is 4. The fraction of sp³-hybridized carbons (Fsp3) is 1.00. The third-order valence-electron chi connectivity index (χ3n) is 2.92. The van der Waals surface area contributed by atoms with E-state index in [0.29, 0.717) is 17.8 Å². The van der Waals surface area contributed by atoms with Crippen molar-refractivity contribution in [1.82, 2.24) is 9.62 Å². The molecule has 1 fully saturated rings. The molecule has 1 N–H and O–H groups in total. The predicted octanol–water partition coefficient (Wildman–Crippen LogP) is 1.14. The second-order valence-electron chi connectivity index (χ2n) is 5.09. The van der Waals surface area contributed by atoms with Crippen LogP contribution >= 0.6 is 11.8 Å². The van der Waals surface area contributed by atoms with Crippen LogP contribution in [-0.2, 0) is 10.0 Å². The third-order valence-corrected chi connectivity index (χ3v) is 5.74. The molecule has 1 rings (SSSR count). The number of nitrogens with one attached hydrogen (secondary N) is 1. The Morgan fingerprint density at radius 1 is 1.29 bits per heavy atom. The summed E-state index contributed by atoms with van der Waals surface area (Å²) in [5.41, 5.74) is 0. The maximum atomic E-state index is 11.7. The van der Waals surface area contributed by atoms with Crippen molar-refractivity contribution in [1.29, 1.82) is 0 Å². The minimum absolute atomic E-state index is 0.0392. The van der Waals surface area contributed by atoms with Crippen molar-refractivity contribution in [2.45, 2.75) is 45.8 Å². The molecule has 0 bridgehead atoms. The molecule has 102 valence electrons. The molecule has 0 unspecified atom stereocenters. The highest BCUT2D eigenvalue weighted by Crippen LogP contribution is 2.14. The van der Waals surface area contributed by atoms with Gasteiger partial charge in [-0.25, -0.2) is 13.1 Å². The van der Waals surface area contributed by atoms with Gasteiger partial charge in [0.25, 0.3) is 0 Å². The third kappa shape index (κ3) is 5.16. The van der Waals surface area contributed by atoms with Crippen molar-refractivity contribution in [3.05, 3.63) is 0 Å². The number of sulfonamides is 1. The van der Waals surface area contributed by atoms with Crippen LogP contribution in [0.2, 0.25) is 0 Å². The number of hydrogen-bond acceptors (Lipinski definition) is 4. The van der Waals surface area contributed by atoms with Gasteiger partial charge in [0.1, 0.15) is 0 Å². The van der Waals surface area contributed by atoms with Crippen LogP contribution in [0.25, 0.3) is 0 Å². The molecule has 0 spiro atoms. The summed E-state index contributed by atoms with van der Waals surface area (Å²) in [7, 11) is -3.06. The fourth-order valence-electron chi connectivity index (χ4n) is 2.10. The van der Waals surface area contributed by atoms with Crippen LogP contribution in [0.1, 0.15) is 27.7 Å². The van der Waals surface area contributed by atoms with Crippen LogP contribution in [0.5, 0.6) is 0 Å². The van der Waals surface area contributed by atoms with E-state index >= 15 is 0 Å². The zero-order valence-corrected chi connectivity index (χ0v) is 12.8. The summed E-state index contributed by atoms with van der Waals surface area (Å²) in [5.74, 6) is 1.82. The summed E-state index contributed by atoms with van der Waals surface area (Å²) >= 11 is 1.72. The summed E-state index contributed by atoms with van der Waals surface area (Å²) in [6.45, 7) is 9.40. The maximum absolute atomic E-state index is 11.7. The van der Waals surface area contributed by atoms with Crippen LogP contribution in [-0.4, -0.2) is 55.2 Å². The first kappa shape index (κ1) is 15.3. The molecule has 0 amide bonds. The SMILES string of the molecule is CC(C)N(C[C@@H]1CSCCS(=O)(=O)N1)C(C)C. The average molecular weight is 280 g/mol. The summed E-state index contributed by atoms with van der Waals surface area (Å²) in [6.07, 6.45) is 0. The Bertz CT molecular complexity index is 320. The second-order valence-corrected chi connectivity index (χ2v) is 8.12. The molecule has 1 aliphatic rings. The highest BCUT2D eigenvalue weighted by atomic mass is 32.2. The maximum Gasteiger partial charge on any atom is 0.212 e. The van der Waals surface area contributed by atoms with Gasteiger partial charge in [0.15, 0.2) is 0 Å². The Labute approximate surface area is 110 Å². The molecule has 1 aliphatic heterocycles. The summed E-state index contributed by atoms with van der Waals surface area (Å²) < 4.78 is 26.1. The van der Waals surface area contributed by atoms with Gasteiger partial charge >= 0.3 is 0 Å². The lowest BCUT2D eigenvalue weighted by molar-refractivity contribution is 0.165. The van der Waals surface area contributed by atoms with E-state index in [-0.39, 0.29) is 11.8 Å². The largest absolute Gasteiger partial charge is 0.297 e. The van der Waals surface area contributed by atoms with Gasteiger partial charge in [-0.15, -0.1) is 0 Å². The van der Waals surface area contributed by atoms with Gasteiger partial charge in [-0.3, -0.25) is 4.90 Å². The molecule has 0 aromatic heterocycles. The Balaban J connectivity index is 2.65. The monoisotopic (exact) mass is 280 g/mol. The molecule has 0 saturated carbocycles. The zero-order chi connectivity index (χ0) is 13.1. The van der Waals surface area contributed by atoms with E-state index in [4.69, 9.17) is 0 Å². The summed E-state index contributed by atoms with van der Waals surface area (Å²) in [6, 6.07) is 0.915. The van der Waals surface area contributed by atoms with Gasteiger partial charge in [-0.2, -0.15) is 11.8 Å². The van der Waals surface area contributed by atoms with E-state index in [0.717, 1.165) is 12.3 Å². The first-order chi connectivity index (χ1) is 7.82. The molecule has 0 aromatic rings. The lowest BCUT2D eigenvalue weighted by Crippen LogP contribution is -2.49. The van der Waals surface area contributed by atoms with Crippen molar-refractivity contribution < 1.29 is 8.42 Å².